The summed E-state index contributed by atoms with van der Waals surface area (Å²) < 4.78 is 0. The van der Waals surface area contributed by atoms with Gasteiger partial charge < -0.3 is 10.0 Å². The number of rotatable bonds is 4. The van der Waals surface area contributed by atoms with Crippen LogP contribution in [0.25, 0.3) is 0 Å². The number of carboxylic acids is 1. The second-order valence-corrected chi connectivity index (χ2v) is 5.24. The molecule has 1 aromatic carbocycles. The van der Waals surface area contributed by atoms with Crippen molar-refractivity contribution >= 4 is 23.3 Å². The molecule has 0 aromatic heterocycles. The summed E-state index contributed by atoms with van der Waals surface area (Å²) in [7, 11) is 0. The van der Waals surface area contributed by atoms with Gasteiger partial charge >= 0.3 is 5.97 Å². The third kappa shape index (κ3) is 3.39. The minimum atomic E-state index is -0.751. The average Bonchev–Trinajstić information content (AvgIpc) is 2.85. The summed E-state index contributed by atoms with van der Waals surface area (Å²) in [6.45, 7) is 1.64. The summed E-state index contributed by atoms with van der Waals surface area (Å²) in [4.78, 5) is 12.7. The van der Waals surface area contributed by atoms with Gasteiger partial charge in [0.1, 0.15) is 6.07 Å². The Bertz CT molecular complexity index is 525. The Morgan fingerprint density at radius 3 is 3.05 bits per heavy atom. The number of aliphatic carboxylic acids is 1. The minimum Gasteiger partial charge on any atom is -0.481 e. The summed E-state index contributed by atoms with van der Waals surface area (Å²) in [5, 5.41) is 18.4. The van der Waals surface area contributed by atoms with Crippen LogP contribution in [0.2, 0.25) is 5.02 Å². The van der Waals surface area contributed by atoms with Crippen LogP contribution in [-0.4, -0.2) is 24.2 Å². The zero-order valence-electron chi connectivity index (χ0n) is 10.5. The molecule has 1 aliphatic heterocycles. The van der Waals surface area contributed by atoms with Gasteiger partial charge in [-0.05, 0) is 37.0 Å². The van der Waals surface area contributed by atoms with E-state index < -0.39 is 5.97 Å². The number of carboxylic acid groups (broad SMARTS) is 1. The van der Waals surface area contributed by atoms with Crippen LogP contribution in [0.4, 0.5) is 5.69 Å². The lowest BCUT2D eigenvalue weighted by Crippen LogP contribution is -2.20. The van der Waals surface area contributed by atoms with E-state index in [-0.39, 0.29) is 6.42 Å². The van der Waals surface area contributed by atoms with Crippen molar-refractivity contribution in [2.24, 2.45) is 5.92 Å². The number of anilines is 1. The first-order valence-corrected chi connectivity index (χ1v) is 6.64. The normalized spacial score (nSPS) is 18.3. The second kappa shape index (κ2) is 5.94. The third-order valence-electron chi connectivity index (χ3n) is 3.47. The van der Waals surface area contributed by atoms with E-state index in [4.69, 9.17) is 22.0 Å². The number of hydrogen-bond donors (Lipinski definition) is 1. The highest BCUT2D eigenvalue weighted by Gasteiger charge is 2.24. The summed E-state index contributed by atoms with van der Waals surface area (Å²) in [5.74, 6) is -0.374. The quantitative estimate of drug-likeness (QED) is 0.920. The van der Waals surface area contributed by atoms with Crippen LogP contribution in [0.5, 0.6) is 0 Å². The van der Waals surface area contributed by atoms with Crippen molar-refractivity contribution in [2.45, 2.75) is 19.3 Å². The highest BCUT2D eigenvalue weighted by Crippen LogP contribution is 2.30. The summed E-state index contributed by atoms with van der Waals surface area (Å²) in [6, 6.07) is 7.41. The van der Waals surface area contributed by atoms with Crippen LogP contribution < -0.4 is 4.90 Å². The molecule has 1 fully saturated rings. The smallest absolute Gasteiger partial charge is 0.303 e. The van der Waals surface area contributed by atoms with E-state index in [0.29, 0.717) is 22.9 Å². The third-order valence-corrected chi connectivity index (χ3v) is 3.71. The van der Waals surface area contributed by atoms with Crippen LogP contribution in [-0.2, 0) is 4.79 Å². The van der Waals surface area contributed by atoms with E-state index in [0.717, 1.165) is 25.2 Å². The van der Waals surface area contributed by atoms with Gasteiger partial charge in [0.05, 0.1) is 11.3 Å². The van der Waals surface area contributed by atoms with Crippen molar-refractivity contribution in [1.29, 1.82) is 5.26 Å². The van der Waals surface area contributed by atoms with Gasteiger partial charge in [-0.25, -0.2) is 0 Å². The molecule has 2 rings (SSSR count). The largest absolute Gasteiger partial charge is 0.481 e. The number of carbonyl (C=O) groups is 1. The molecule has 1 unspecified atom stereocenters. The molecule has 1 aromatic rings. The molecule has 0 bridgehead atoms. The molecule has 0 saturated carbocycles. The van der Waals surface area contributed by atoms with Gasteiger partial charge in [0.2, 0.25) is 0 Å². The maximum Gasteiger partial charge on any atom is 0.303 e. The molecule has 1 saturated heterocycles. The summed E-state index contributed by atoms with van der Waals surface area (Å²) in [5.41, 5.74) is 1.47. The predicted octanol–water partition coefficient (Wildman–Crippen LogP) is 2.90. The number of nitrogens with zero attached hydrogens (tertiary/aromatic N) is 2. The van der Waals surface area contributed by atoms with E-state index in [9.17, 15) is 4.79 Å². The molecule has 100 valence electrons. The van der Waals surface area contributed by atoms with Gasteiger partial charge in [-0.1, -0.05) is 11.6 Å². The lowest BCUT2D eigenvalue weighted by molar-refractivity contribution is -0.137. The Morgan fingerprint density at radius 2 is 2.37 bits per heavy atom. The molecule has 1 N–H and O–H groups in total. The Balaban J connectivity index is 2.06. The molecule has 0 aliphatic carbocycles. The Labute approximate surface area is 117 Å². The Hall–Kier alpha value is -1.73. The number of hydrogen-bond acceptors (Lipinski definition) is 3. The molecule has 5 heteroatoms. The van der Waals surface area contributed by atoms with Gasteiger partial charge in [-0.15, -0.1) is 0 Å². The van der Waals surface area contributed by atoms with Gasteiger partial charge in [-0.3, -0.25) is 4.79 Å². The molecular weight excluding hydrogens is 264 g/mol. The Morgan fingerprint density at radius 1 is 1.58 bits per heavy atom. The molecule has 0 spiro atoms. The molecule has 0 amide bonds. The monoisotopic (exact) mass is 278 g/mol. The highest BCUT2D eigenvalue weighted by atomic mass is 35.5. The van der Waals surface area contributed by atoms with Crippen molar-refractivity contribution in [3.8, 4) is 6.07 Å². The van der Waals surface area contributed by atoms with Crippen molar-refractivity contribution < 1.29 is 9.90 Å². The maximum absolute atomic E-state index is 10.6. The maximum atomic E-state index is 10.6. The van der Waals surface area contributed by atoms with Gasteiger partial charge in [0, 0.05) is 24.5 Å². The molecule has 1 atom stereocenters. The fourth-order valence-electron chi connectivity index (χ4n) is 2.48. The fraction of sp³-hybridized carbons (Fsp3) is 0.429. The van der Waals surface area contributed by atoms with E-state index in [1.54, 1.807) is 18.2 Å². The van der Waals surface area contributed by atoms with Gasteiger partial charge in [0.25, 0.3) is 0 Å². The standard InChI is InChI=1S/C14H15ClN2O2/c15-12-3-2-11(8-16)13(7-12)17-6-5-10(9-17)1-4-14(18)19/h2-3,7,10H,1,4-6,9H2,(H,18,19). The first kappa shape index (κ1) is 13.7. The van der Waals surface area contributed by atoms with Gasteiger partial charge in [0.15, 0.2) is 0 Å². The molecule has 0 radical (unpaired) electrons. The van der Waals surface area contributed by atoms with Gasteiger partial charge in [-0.2, -0.15) is 5.26 Å². The first-order chi connectivity index (χ1) is 9.10. The Kier molecular flexibility index (Phi) is 4.28. The fourth-order valence-corrected chi connectivity index (χ4v) is 2.64. The molecule has 4 nitrogen and oxygen atoms in total. The molecule has 1 aliphatic rings. The van der Waals surface area contributed by atoms with E-state index in [1.807, 2.05) is 0 Å². The van der Waals surface area contributed by atoms with Crippen LogP contribution >= 0.6 is 11.6 Å². The van der Waals surface area contributed by atoms with Crippen LogP contribution in [0.15, 0.2) is 18.2 Å². The zero-order valence-corrected chi connectivity index (χ0v) is 11.2. The van der Waals surface area contributed by atoms with Crippen LogP contribution in [0.1, 0.15) is 24.8 Å². The predicted molar refractivity (Wildman–Crippen MR) is 73.4 cm³/mol. The topological polar surface area (TPSA) is 64.3 Å². The van der Waals surface area contributed by atoms with E-state index >= 15 is 0 Å². The number of halogens is 1. The van der Waals surface area contributed by atoms with Crippen molar-refractivity contribution in [1.82, 2.24) is 0 Å². The zero-order chi connectivity index (χ0) is 13.8. The van der Waals surface area contributed by atoms with Crippen molar-refractivity contribution in [3.05, 3.63) is 28.8 Å². The van der Waals surface area contributed by atoms with Crippen LogP contribution in [0.3, 0.4) is 0 Å². The summed E-state index contributed by atoms with van der Waals surface area (Å²) >= 11 is 5.98. The second-order valence-electron chi connectivity index (χ2n) is 4.81. The lowest BCUT2D eigenvalue weighted by atomic mass is 10.0. The first-order valence-electron chi connectivity index (χ1n) is 6.26. The van der Waals surface area contributed by atoms with Crippen LogP contribution in [0, 0.1) is 17.2 Å². The minimum absolute atomic E-state index is 0.207. The van der Waals surface area contributed by atoms with Crippen molar-refractivity contribution in [3.63, 3.8) is 0 Å². The molecular formula is C14H15ClN2O2. The van der Waals surface area contributed by atoms with E-state index in [2.05, 4.69) is 11.0 Å². The highest BCUT2D eigenvalue weighted by molar-refractivity contribution is 6.30. The molecule has 19 heavy (non-hydrogen) atoms. The number of nitriles is 1. The lowest BCUT2D eigenvalue weighted by Gasteiger charge is -2.20. The summed E-state index contributed by atoms with van der Waals surface area (Å²) in [6.07, 6.45) is 1.86. The molecule has 1 heterocycles. The SMILES string of the molecule is N#Cc1ccc(Cl)cc1N1CCC(CCC(=O)O)C1. The van der Waals surface area contributed by atoms with E-state index in [1.165, 1.54) is 0 Å². The average molecular weight is 279 g/mol. The van der Waals surface area contributed by atoms with Crippen molar-refractivity contribution in [2.75, 3.05) is 18.0 Å². The number of benzene rings is 1.